The first kappa shape index (κ1) is 9.32. The van der Waals surface area contributed by atoms with Crippen LogP contribution in [0.1, 0.15) is 19.5 Å². The van der Waals surface area contributed by atoms with E-state index in [1.807, 2.05) is 0 Å². The summed E-state index contributed by atoms with van der Waals surface area (Å²) in [6.07, 6.45) is 1.44. The summed E-state index contributed by atoms with van der Waals surface area (Å²) in [7, 11) is 0. The van der Waals surface area contributed by atoms with E-state index in [0.717, 1.165) is 5.16 Å². The van der Waals surface area contributed by atoms with E-state index in [1.54, 1.807) is 18.7 Å². The Hall–Kier alpha value is -0.770. The molecule has 1 N–H and O–H groups in total. The summed E-state index contributed by atoms with van der Waals surface area (Å²) in [5.41, 5.74) is 0.633. The van der Waals surface area contributed by atoms with E-state index in [2.05, 4.69) is 23.8 Å². The third-order valence-corrected chi connectivity index (χ3v) is 2.15. The number of nitrogens with zero attached hydrogens (tertiary/aromatic N) is 2. The Morgan fingerprint density at radius 3 is 2.67 bits per heavy atom. The molecule has 0 unspecified atom stereocenters. The predicted molar refractivity (Wildman–Crippen MR) is 49.4 cm³/mol. The summed E-state index contributed by atoms with van der Waals surface area (Å²) in [6, 6.07) is 0. The van der Waals surface area contributed by atoms with Gasteiger partial charge >= 0.3 is 0 Å². The van der Waals surface area contributed by atoms with Crippen molar-refractivity contribution in [3.63, 3.8) is 0 Å². The van der Waals surface area contributed by atoms with Gasteiger partial charge in [-0.3, -0.25) is 0 Å². The van der Waals surface area contributed by atoms with E-state index < -0.39 is 0 Å². The number of thioether (sulfide) groups is 1. The first-order valence-corrected chi connectivity index (χ1v) is 4.67. The summed E-state index contributed by atoms with van der Waals surface area (Å²) < 4.78 is 0. The molecule has 1 aromatic rings. The van der Waals surface area contributed by atoms with Crippen molar-refractivity contribution in [3.8, 4) is 5.75 Å². The topological polar surface area (TPSA) is 46.0 Å². The lowest BCUT2D eigenvalue weighted by Gasteiger charge is -2.03. The molecule has 0 aliphatic rings. The van der Waals surface area contributed by atoms with Crippen molar-refractivity contribution < 1.29 is 5.11 Å². The Labute approximate surface area is 76.2 Å². The highest BCUT2D eigenvalue weighted by Crippen LogP contribution is 2.21. The van der Waals surface area contributed by atoms with E-state index in [9.17, 15) is 0 Å². The lowest BCUT2D eigenvalue weighted by molar-refractivity contribution is 0.461. The quantitative estimate of drug-likeness (QED) is 0.564. The van der Waals surface area contributed by atoms with Crippen molar-refractivity contribution in [1.29, 1.82) is 0 Å². The fourth-order valence-corrected chi connectivity index (χ4v) is 1.43. The van der Waals surface area contributed by atoms with Gasteiger partial charge in [0.15, 0.2) is 10.9 Å². The minimum Gasteiger partial charge on any atom is -0.504 e. The van der Waals surface area contributed by atoms with Crippen LogP contribution in [0.3, 0.4) is 0 Å². The lowest BCUT2D eigenvalue weighted by Crippen LogP contribution is -1.93. The SMILES string of the molecule is Cc1nc(SC(C)C)ncc1O. The van der Waals surface area contributed by atoms with Crippen LogP contribution < -0.4 is 0 Å². The van der Waals surface area contributed by atoms with Crippen molar-refractivity contribution in [2.75, 3.05) is 0 Å². The van der Waals surface area contributed by atoms with Crippen molar-refractivity contribution >= 4 is 11.8 Å². The van der Waals surface area contributed by atoms with Crippen LogP contribution in [0.4, 0.5) is 0 Å². The number of hydrogen-bond acceptors (Lipinski definition) is 4. The largest absolute Gasteiger partial charge is 0.504 e. The molecule has 0 atom stereocenters. The minimum absolute atomic E-state index is 0.156. The maximum Gasteiger partial charge on any atom is 0.188 e. The smallest absolute Gasteiger partial charge is 0.188 e. The summed E-state index contributed by atoms with van der Waals surface area (Å²) in [5, 5.41) is 10.3. The molecule has 1 heterocycles. The molecule has 0 amide bonds. The molecule has 0 spiro atoms. The first-order valence-electron chi connectivity index (χ1n) is 3.79. The molecule has 12 heavy (non-hydrogen) atoms. The van der Waals surface area contributed by atoms with Crippen LogP contribution >= 0.6 is 11.8 Å². The standard InChI is InChI=1S/C8H12N2OS/c1-5(2)12-8-9-4-7(11)6(3)10-8/h4-5,11H,1-3H3. The molecular weight excluding hydrogens is 172 g/mol. The van der Waals surface area contributed by atoms with Gasteiger partial charge in [0.25, 0.3) is 0 Å². The highest BCUT2D eigenvalue weighted by atomic mass is 32.2. The first-order chi connectivity index (χ1) is 5.59. The highest BCUT2D eigenvalue weighted by molar-refractivity contribution is 7.99. The number of hydrogen-bond donors (Lipinski definition) is 1. The number of rotatable bonds is 2. The van der Waals surface area contributed by atoms with Crippen molar-refractivity contribution in [3.05, 3.63) is 11.9 Å². The third-order valence-electron chi connectivity index (χ3n) is 1.27. The molecule has 3 nitrogen and oxygen atoms in total. The Morgan fingerprint density at radius 2 is 2.17 bits per heavy atom. The van der Waals surface area contributed by atoms with E-state index in [0.29, 0.717) is 10.9 Å². The lowest BCUT2D eigenvalue weighted by atomic mass is 10.4. The number of aryl methyl sites for hydroxylation is 1. The molecule has 0 radical (unpaired) electrons. The van der Waals surface area contributed by atoms with Gasteiger partial charge in [-0.05, 0) is 6.92 Å². The third kappa shape index (κ3) is 2.37. The molecule has 0 aromatic carbocycles. The highest BCUT2D eigenvalue weighted by Gasteiger charge is 2.03. The van der Waals surface area contributed by atoms with Gasteiger partial charge in [0.1, 0.15) is 0 Å². The second kappa shape index (κ2) is 3.76. The van der Waals surface area contributed by atoms with Crippen LogP contribution in [0.5, 0.6) is 5.75 Å². The zero-order valence-electron chi connectivity index (χ0n) is 7.40. The van der Waals surface area contributed by atoms with E-state index in [4.69, 9.17) is 5.11 Å². The van der Waals surface area contributed by atoms with E-state index in [-0.39, 0.29) is 5.75 Å². The number of aromatic nitrogens is 2. The molecule has 66 valence electrons. The average Bonchev–Trinajstić information content (AvgIpc) is 1.96. The maximum atomic E-state index is 9.14. The monoisotopic (exact) mass is 184 g/mol. The van der Waals surface area contributed by atoms with Gasteiger partial charge in [-0.15, -0.1) is 0 Å². The van der Waals surface area contributed by atoms with Gasteiger partial charge in [0, 0.05) is 5.25 Å². The van der Waals surface area contributed by atoms with Gasteiger partial charge in [-0.1, -0.05) is 25.6 Å². The van der Waals surface area contributed by atoms with Gasteiger partial charge < -0.3 is 5.11 Å². The normalized spacial score (nSPS) is 10.7. The molecule has 0 fully saturated rings. The zero-order chi connectivity index (χ0) is 9.14. The average molecular weight is 184 g/mol. The summed E-state index contributed by atoms with van der Waals surface area (Å²) in [5.74, 6) is 0.156. The molecule has 0 saturated heterocycles. The fraction of sp³-hybridized carbons (Fsp3) is 0.500. The summed E-state index contributed by atoms with van der Waals surface area (Å²) in [6.45, 7) is 5.92. The van der Waals surface area contributed by atoms with E-state index in [1.165, 1.54) is 6.20 Å². The van der Waals surface area contributed by atoms with Crippen molar-refractivity contribution in [2.24, 2.45) is 0 Å². The van der Waals surface area contributed by atoms with Gasteiger partial charge in [-0.25, -0.2) is 9.97 Å². The molecule has 0 bridgehead atoms. The molecule has 1 aromatic heterocycles. The fourth-order valence-electron chi connectivity index (χ4n) is 0.707. The van der Waals surface area contributed by atoms with Crippen LogP contribution in [0.15, 0.2) is 11.4 Å². The second-order valence-electron chi connectivity index (χ2n) is 2.79. The van der Waals surface area contributed by atoms with Crippen LogP contribution in [0.25, 0.3) is 0 Å². The molecule has 0 aliphatic carbocycles. The molecule has 4 heteroatoms. The van der Waals surface area contributed by atoms with E-state index >= 15 is 0 Å². The number of aromatic hydroxyl groups is 1. The minimum atomic E-state index is 0.156. The van der Waals surface area contributed by atoms with Crippen LogP contribution in [-0.2, 0) is 0 Å². The molecule has 0 aliphatic heterocycles. The maximum absolute atomic E-state index is 9.14. The van der Waals surface area contributed by atoms with Crippen LogP contribution in [0.2, 0.25) is 0 Å². The Morgan fingerprint density at radius 1 is 1.50 bits per heavy atom. The zero-order valence-corrected chi connectivity index (χ0v) is 8.22. The van der Waals surface area contributed by atoms with Crippen molar-refractivity contribution in [1.82, 2.24) is 9.97 Å². The summed E-state index contributed by atoms with van der Waals surface area (Å²) in [4.78, 5) is 8.10. The van der Waals surface area contributed by atoms with Crippen molar-refractivity contribution in [2.45, 2.75) is 31.2 Å². The molecule has 1 rings (SSSR count). The van der Waals surface area contributed by atoms with Gasteiger partial charge in [0.2, 0.25) is 0 Å². The van der Waals surface area contributed by atoms with Gasteiger partial charge in [0.05, 0.1) is 11.9 Å². The Balaban J connectivity index is 2.82. The van der Waals surface area contributed by atoms with Gasteiger partial charge in [-0.2, -0.15) is 0 Å². The molecule has 0 saturated carbocycles. The predicted octanol–water partition coefficient (Wildman–Crippen LogP) is 1.99. The summed E-state index contributed by atoms with van der Waals surface area (Å²) >= 11 is 1.59. The Bertz CT molecular complexity index is 276. The molecular formula is C8H12N2OS. The second-order valence-corrected chi connectivity index (χ2v) is 4.33. The Kier molecular flexibility index (Phi) is 2.92. The van der Waals surface area contributed by atoms with Crippen LogP contribution in [-0.4, -0.2) is 20.3 Å². The van der Waals surface area contributed by atoms with Crippen LogP contribution in [0, 0.1) is 6.92 Å².